The lowest BCUT2D eigenvalue weighted by Gasteiger charge is -2.30. The zero-order chi connectivity index (χ0) is 12.1. The van der Waals surface area contributed by atoms with Crippen LogP contribution in [-0.4, -0.2) is 50.1 Å². The Bertz CT molecular complexity index is 366. The van der Waals surface area contributed by atoms with Crippen molar-refractivity contribution >= 4 is 5.91 Å². The summed E-state index contributed by atoms with van der Waals surface area (Å²) in [7, 11) is 2.10. The molecule has 0 aromatic heterocycles. The van der Waals surface area contributed by atoms with E-state index in [4.69, 9.17) is 0 Å². The molecule has 17 heavy (non-hydrogen) atoms. The SMILES string of the molecule is CN1CCNC(CNC(=O)c2ccccc2)C1. The average Bonchev–Trinajstić information content (AvgIpc) is 2.37. The third-order valence-electron chi connectivity index (χ3n) is 3.00. The van der Waals surface area contributed by atoms with E-state index in [0.29, 0.717) is 12.6 Å². The molecule has 0 aliphatic carbocycles. The highest BCUT2D eigenvalue weighted by molar-refractivity contribution is 5.94. The van der Waals surface area contributed by atoms with Gasteiger partial charge in [0, 0.05) is 37.8 Å². The maximum Gasteiger partial charge on any atom is 0.251 e. The van der Waals surface area contributed by atoms with Gasteiger partial charge in [-0.25, -0.2) is 0 Å². The molecule has 1 amide bonds. The Labute approximate surface area is 102 Å². The molecule has 1 fully saturated rings. The van der Waals surface area contributed by atoms with E-state index in [2.05, 4.69) is 22.6 Å². The van der Waals surface area contributed by atoms with E-state index >= 15 is 0 Å². The number of piperazine rings is 1. The minimum Gasteiger partial charge on any atom is -0.350 e. The molecule has 4 nitrogen and oxygen atoms in total. The highest BCUT2D eigenvalue weighted by Gasteiger charge is 2.16. The molecule has 2 N–H and O–H groups in total. The first-order chi connectivity index (χ1) is 8.25. The average molecular weight is 233 g/mol. The summed E-state index contributed by atoms with van der Waals surface area (Å²) >= 11 is 0. The summed E-state index contributed by atoms with van der Waals surface area (Å²) in [6.45, 7) is 3.72. The van der Waals surface area contributed by atoms with Crippen molar-refractivity contribution < 1.29 is 4.79 Å². The summed E-state index contributed by atoms with van der Waals surface area (Å²) in [5.74, 6) is 0.000580. The van der Waals surface area contributed by atoms with E-state index in [9.17, 15) is 4.79 Å². The summed E-state index contributed by atoms with van der Waals surface area (Å²) in [4.78, 5) is 14.1. The zero-order valence-electron chi connectivity index (χ0n) is 10.1. The lowest BCUT2D eigenvalue weighted by Crippen LogP contribution is -2.53. The van der Waals surface area contributed by atoms with Gasteiger partial charge in [-0.3, -0.25) is 4.79 Å². The fourth-order valence-electron chi connectivity index (χ4n) is 2.04. The van der Waals surface area contributed by atoms with Crippen LogP contribution >= 0.6 is 0 Å². The molecule has 0 radical (unpaired) electrons. The van der Waals surface area contributed by atoms with Gasteiger partial charge in [0.2, 0.25) is 0 Å². The van der Waals surface area contributed by atoms with Gasteiger partial charge in [0.05, 0.1) is 0 Å². The fourth-order valence-corrected chi connectivity index (χ4v) is 2.04. The van der Waals surface area contributed by atoms with E-state index in [0.717, 1.165) is 25.2 Å². The minimum atomic E-state index is 0.000580. The van der Waals surface area contributed by atoms with Crippen molar-refractivity contribution in [2.45, 2.75) is 6.04 Å². The lowest BCUT2D eigenvalue weighted by atomic mass is 10.2. The number of rotatable bonds is 3. The van der Waals surface area contributed by atoms with E-state index < -0.39 is 0 Å². The van der Waals surface area contributed by atoms with Crippen LogP contribution in [0.3, 0.4) is 0 Å². The second-order valence-corrected chi connectivity index (χ2v) is 4.49. The second kappa shape index (κ2) is 5.80. The van der Waals surface area contributed by atoms with Gasteiger partial charge in [0.25, 0.3) is 5.91 Å². The number of benzene rings is 1. The van der Waals surface area contributed by atoms with E-state index in [1.807, 2.05) is 30.3 Å². The second-order valence-electron chi connectivity index (χ2n) is 4.49. The highest BCUT2D eigenvalue weighted by Crippen LogP contribution is 1.99. The number of nitrogens with zero attached hydrogens (tertiary/aromatic N) is 1. The van der Waals surface area contributed by atoms with Crippen molar-refractivity contribution in [3.63, 3.8) is 0 Å². The first kappa shape index (κ1) is 12.1. The number of nitrogens with one attached hydrogen (secondary N) is 2. The minimum absolute atomic E-state index is 0.000580. The van der Waals surface area contributed by atoms with Crippen LogP contribution in [0.25, 0.3) is 0 Å². The van der Waals surface area contributed by atoms with Gasteiger partial charge < -0.3 is 15.5 Å². The van der Waals surface area contributed by atoms with Crippen LogP contribution in [0.2, 0.25) is 0 Å². The molecule has 1 saturated heterocycles. The Kier molecular flexibility index (Phi) is 4.12. The van der Waals surface area contributed by atoms with Gasteiger partial charge in [0.1, 0.15) is 0 Å². The summed E-state index contributed by atoms with van der Waals surface area (Å²) in [6.07, 6.45) is 0. The maximum absolute atomic E-state index is 11.8. The molecule has 1 aliphatic rings. The summed E-state index contributed by atoms with van der Waals surface area (Å²) in [6, 6.07) is 9.67. The largest absolute Gasteiger partial charge is 0.350 e. The lowest BCUT2D eigenvalue weighted by molar-refractivity contribution is 0.0944. The van der Waals surface area contributed by atoms with Crippen LogP contribution < -0.4 is 10.6 Å². The molecule has 1 atom stereocenters. The van der Waals surface area contributed by atoms with Gasteiger partial charge in [-0.05, 0) is 19.2 Å². The van der Waals surface area contributed by atoms with Crippen molar-refractivity contribution in [2.24, 2.45) is 0 Å². The summed E-state index contributed by atoms with van der Waals surface area (Å²) in [5, 5.41) is 6.36. The molecule has 92 valence electrons. The topological polar surface area (TPSA) is 44.4 Å². The van der Waals surface area contributed by atoms with E-state index in [1.54, 1.807) is 0 Å². The Morgan fingerprint density at radius 3 is 2.94 bits per heavy atom. The molecule has 0 spiro atoms. The highest BCUT2D eigenvalue weighted by atomic mass is 16.1. The van der Waals surface area contributed by atoms with Crippen molar-refractivity contribution in [3.05, 3.63) is 35.9 Å². The number of hydrogen-bond donors (Lipinski definition) is 2. The number of hydrogen-bond acceptors (Lipinski definition) is 3. The predicted octanol–water partition coefficient (Wildman–Crippen LogP) is 0.320. The zero-order valence-corrected chi connectivity index (χ0v) is 10.1. The smallest absolute Gasteiger partial charge is 0.251 e. The molecule has 1 aromatic carbocycles. The number of likely N-dealkylation sites (N-methyl/N-ethyl adjacent to an activating group) is 1. The Morgan fingerprint density at radius 2 is 2.24 bits per heavy atom. The molecule has 1 heterocycles. The molecule has 1 aromatic rings. The maximum atomic E-state index is 11.8. The number of amides is 1. The summed E-state index contributed by atoms with van der Waals surface area (Å²) < 4.78 is 0. The predicted molar refractivity (Wildman–Crippen MR) is 68.1 cm³/mol. The van der Waals surface area contributed by atoms with E-state index in [1.165, 1.54) is 0 Å². The van der Waals surface area contributed by atoms with Gasteiger partial charge >= 0.3 is 0 Å². The quantitative estimate of drug-likeness (QED) is 0.790. The molecule has 1 unspecified atom stereocenters. The third-order valence-corrected chi connectivity index (χ3v) is 3.00. The van der Waals surface area contributed by atoms with Crippen LogP contribution in [0, 0.1) is 0 Å². The van der Waals surface area contributed by atoms with Crippen molar-refractivity contribution in [1.29, 1.82) is 0 Å². The van der Waals surface area contributed by atoms with E-state index in [-0.39, 0.29) is 5.91 Å². The van der Waals surface area contributed by atoms with Crippen LogP contribution in [0.15, 0.2) is 30.3 Å². The molecule has 2 rings (SSSR count). The first-order valence-corrected chi connectivity index (χ1v) is 6.01. The monoisotopic (exact) mass is 233 g/mol. The van der Waals surface area contributed by atoms with Crippen LogP contribution in [0.1, 0.15) is 10.4 Å². The van der Waals surface area contributed by atoms with Crippen molar-refractivity contribution in [3.8, 4) is 0 Å². The normalized spacial score (nSPS) is 21.1. The van der Waals surface area contributed by atoms with Gasteiger partial charge in [0.15, 0.2) is 0 Å². The van der Waals surface area contributed by atoms with Crippen LogP contribution in [0.4, 0.5) is 0 Å². The van der Waals surface area contributed by atoms with Gasteiger partial charge in [-0.2, -0.15) is 0 Å². The third kappa shape index (κ3) is 3.54. The Balaban J connectivity index is 1.80. The van der Waals surface area contributed by atoms with Crippen molar-refractivity contribution in [1.82, 2.24) is 15.5 Å². The first-order valence-electron chi connectivity index (χ1n) is 6.01. The fraction of sp³-hybridized carbons (Fsp3) is 0.462. The molecule has 1 aliphatic heterocycles. The standard InChI is InChI=1S/C13H19N3O/c1-16-8-7-14-12(10-16)9-15-13(17)11-5-3-2-4-6-11/h2-6,12,14H,7-10H2,1H3,(H,15,17). The number of carbonyl (C=O) groups excluding carboxylic acids is 1. The van der Waals surface area contributed by atoms with Crippen LogP contribution in [0.5, 0.6) is 0 Å². The molecule has 0 saturated carbocycles. The van der Waals surface area contributed by atoms with Crippen molar-refractivity contribution in [2.75, 3.05) is 33.2 Å². The van der Waals surface area contributed by atoms with Gasteiger partial charge in [-0.15, -0.1) is 0 Å². The Hall–Kier alpha value is -1.39. The molecule has 4 heteroatoms. The summed E-state index contributed by atoms with van der Waals surface area (Å²) in [5.41, 5.74) is 0.719. The van der Waals surface area contributed by atoms with Crippen LogP contribution in [-0.2, 0) is 0 Å². The molecular formula is C13H19N3O. The number of carbonyl (C=O) groups is 1. The molecule has 0 bridgehead atoms. The molecular weight excluding hydrogens is 214 g/mol. The van der Waals surface area contributed by atoms with Gasteiger partial charge in [-0.1, -0.05) is 18.2 Å². The Morgan fingerprint density at radius 1 is 1.47 bits per heavy atom.